The lowest BCUT2D eigenvalue weighted by atomic mass is 10.3. The Hall–Kier alpha value is -2.11. The molecule has 0 aromatic carbocycles. The van der Waals surface area contributed by atoms with Crippen molar-refractivity contribution in [2.45, 2.75) is 38.1 Å². The van der Waals surface area contributed by atoms with Gasteiger partial charge in [0.2, 0.25) is 5.91 Å². The van der Waals surface area contributed by atoms with E-state index in [0.29, 0.717) is 12.5 Å². The average Bonchev–Trinajstić information content (AvgIpc) is 3.34. The number of hydrogen-bond acceptors (Lipinski definition) is 3. The summed E-state index contributed by atoms with van der Waals surface area (Å²) in [5, 5.41) is 9.45. The number of aromatic nitrogens is 1. The van der Waals surface area contributed by atoms with Crippen molar-refractivity contribution in [2.75, 3.05) is 20.1 Å². The zero-order valence-electron chi connectivity index (χ0n) is 13.1. The summed E-state index contributed by atoms with van der Waals surface area (Å²) in [6.07, 6.45) is 6.29. The fourth-order valence-corrected chi connectivity index (χ4v) is 2.06. The molecular weight excluding hydrogens is 278 g/mol. The normalized spacial score (nSPS) is 14.5. The second kappa shape index (κ2) is 9.02. The summed E-state index contributed by atoms with van der Waals surface area (Å²) >= 11 is 0. The van der Waals surface area contributed by atoms with E-state index in [1.54, 1.807) is 13.2 Å². The average molecular weight is 303 g/mol. The van der Waals surface area contributed by atoms with Gasteiger partial charge in [-0.25, -0.2) is 0 Å². The summed E-state index contributed by atoms with van der Waals surface area (Å²) in [6, 6.07) is 6.36. The number of pyridine rings is 1. The van der Waals surface area contributed by atoms with E-state index in [-0.39, 0.29) is 5.91 Å². The van der Waals surface area contributed by atoms with Crippen LogP contribution in [0.2, 0.25) is 0 Å². The highest BCUT2D eigenvalue weighted by molar-refractivity contribution is 5.80. The highest BCUT2D eigenvalue weighted by Crippen LogP contribution is 2.18. The first-order valence-electron chi connectivity index (χ1n) is 7.91. The van der Waals surface area contributed by atoms with E-state index in [9.17, 15) is 4.79 Å². The predicted octanol–water partition coefficient (Wildman–Crippen LogP) is 0.848. The minimum Gasteiger partial charge on any atom is -0.356 e. The van der Waals surface area contributed by atoms with Crippen LogP contribution in [-0.2, 0) is 11.2 Å². The lowest BCUT2D eigenvalue weighted by Crippen LogP contribution is -2.39. The maximum atomic E-state index is 11.5. The third kappa shape index (κ3) is 6.56. The molecule has 22 heavy (non-hydrogen) atoms. The number of rotatable bonds is 8. The number of amides is 1. The van der Waals surface area contributed by atoms with E-state index < -0.39 is 0 Å². The Labute approximate surface area is 131 Å². The molecule has 0 bridgehead atoms. The van der Waals surface area contributed by atoms with Gasteiger partial charge in [-0.1, -0.05) is 6.07 Å². The molecule has 3 N–H and O–H groups in total. The minimum atomic E-state index is 0.155. The topological polar surface area (TPSA) is 78.4 Å². The van der Waals surface area contributed by atoms with Crippen molar-refractivity contribution in [3.63, 3.8) is 0 Å². The van der Waals surface area contributed by atoms with Gasteiger partial charge >= 0.3 is 0 Å². The van der Waals surface area contributed by atoms with Crippen LogP contribution in [0, 0.1) is 0 Å². The molecular formula is C16H25N5O. The van der Waals surface area contributed by atoms with Crippen LogP contribution in [0.25, 0.3) is 0 Å². The molecule has 1 aliphatic rings. The first kappa shape index (κ1) is 16.3. The molecule has 1 amide bonds. The first-order chi connectivity index (χ1) is 10.8. The van der Waals surface area contributed by atoms with Gasteiger partial charge in [-0.05, 0) is 31.4 Å². The van der Waals surface area contributed by atoms with Crippen LogP contribution in [0.15, 0.2) is 29.4 Å². The number of carbonyl (C=O) groups excluding carboxylic acids is 1. The van der Waals surface area contributed by atoms with E-state index >= 15 is 0 Å². The molecule has 1 saturated carbocycles. The molecule has 0 radical (unpaired) electrons. The Morgan fingerprint density at radius 2 is 2.14 bits per heavy atom. The number of hydrogen-bond donors (Lipinski definition) is 3. The third-order valence-electron chi connectivity index (χ3n) is 3.44. The lowest BCUT2D eigenvalue weighted by Gasteiger charge is -2.11. The van der Waals surface area contributed by atoms with Gasteiger partial charge in [0.25, 0.3) is 0 Å². The SMILES string of the molecule is CN=C(NCCCC(=O)NC1CC1)NCCc1ccccn1. The highest BCUT2D eigenvalue weighted by atomic mass is 16.1. The van der Waals surface area contributed by atoms with E-state index in [1.807, 2.05) is 18.2 Å². The Bertz CT molecular complexity index is 485. The largest absolute Gasteiger partial charge is 0.356 e. The van der Waals surface area contributed by atoms with Gasteiger partial charge in [0.05, 0.1) is 0 Å². The second-order valence-electron chi connectivity index (χ2n) is 5.44. The zero-order chi connectivity index (χ0) is 15.6. The molecule has 0 atom stereocenters. The van der Waals surface area contributed by atoms with Crippen molar-refractivity contribution in [1.29, 1.82) is 0 Å². The Kier molecular flexibility index (Phi) is 6.67. The number of aliphatic imine (C=N–C) groups is 1. The molecule has 6 heteroatoms. The van der Waals surface area contributed by atoms with Gasteiger partial charge in [0.15, 0.2) is 5.96 Å². The molecule has 0 saturated heterocycles. The van der Waals surface area contributed by atoms with Gasteiger partial charge in [-0.3, -0.25) is 14.8 Å². The van der Waals surface area contributed by atoms with Crippen molar-refractivity contribution in [1.82, 2.24) is 20.9 Å². The number of guanidine groups is 1. The Morgan fingerprint density at radius 1 is 1.32 bits per heavy atom. The molecule has 1 fully saturated rings. The maximum absolute atomic E-state index is 11.5. The summed E-state index contributed by atoms with van der Waals surface area (Å²) < 4.78 is 0. The Balaban J connectivity index is 1.53. The summed E-state index contributed by atoms with van der Waals surface area (Å²) in [4.78, 5) is 20.0. The molecule has 2 rings (SSSR count). The fraction of sp³-hybridized carbons (Fsp3) is 0.562. The van der Waals surface area contributed by atoms with Crippen LogP contribution in [0.5, 0.6) is 0 Å². The second-order valence-corrected chi connectivity index (χ2v) is 5.44. The zero-order valence-corrected chi connectivity index (χ0v) is 13.1. The van der Waals surface area contributed by atoms with E-state index in [1.165, 1.54) is 0 Å². The van der Waals surface area contributed by atoms with Crippen molar-refractivity contribution in [3.05, 3.63) is 30.1 Å². The van der Waals surface area contributed by atoms with Crippen LogP contribution in [0.3, 0.4) is 0 Å². The number of nitrogens with one attached hydrogen (secondary N) is 3. The van der Waals surface area contributed by atoms with Crippen LogP contribution < -0.4 is 16.0 Å². The van der Waals surface area contributed by atoms with Crippen molar-refractivity contribution >= 4 is 11.9 Å². The van der Waals surface area contributed by atoms with Gasteiger partial charge in [0, 0.05) is 50.9 Å². The van der Waals surface area contributed by atoms with Gasteiger partial charge in [-0.2, -0.15) is 0 Å². The number of nitrogens with zero attached hydrogens (tertiary/aromatic N) is 2. The third-order valence-corrected chi connectivity index (χ3v) is 3.44. The van der Waals surface area contributed by atoms with Crippen LogP contribution >= 0.6 is 0 Å². The summed E-state index contributed by atoms with van der Waals surface area (Å²) in [5.41, 5.74) is 1.06. The smallest absolute Gasteiger partial charge is 0.220 e. The first-order valence-corrected chi connectivity index (χ1v) is 7.91. The minimum absolute atomic E-state index is 0.155. The highest BCUT2D eigenvalue weighted by Gasteiger charge is 2.22. The molecule has 6 nitrogen and oxygen atoms in total. The van der Waals surface area contributed by atoms with Crippen molar-refractivity contribution in [2.24, 2.45) is 4.99 Å². The fourth-order valence-electron chi connectivity index (χ4n) is 2.06. The van der Waals surface area contributed by atoms with E-state index in [0.717, 1.165) is 50.4 Å². The van der Waals surface area contributed by atoms with Crippen LogP contribution in [-0.4, -0.2) is 43.0 Å². The summed E-state index contributed by atoms with van der Waals surface area (Å²) in [6.45, 7) is 1.51. The van der Waals surface area contributed by atoms with E-state index in [4.69, 9.17) is 0 Å². The monoisotopic (exact) mass is 303 g/mol. The summed E-state index contributed by atoms with van der Waals surface area (Å²) in [5.74, 6) is 0.918. The van der Waals surface area contributed by atoms with Gasteiger partial charge in [-0.15, -0.1) is 0 Å². The molecule has 1 aliphatic carbocycles. The van der Waals surface area contributed by atoms with Crippen LogP contribution in [0.4, 0.5) is 0 Å². The molecule has 1 aromatic rings. The molecule has 0 spiro atoms. The molecule has 1 aromatic heterocycles. The standard InChI is InChI=1S/C16H25N5O/c1-17-16(20-12-9-13-5-2-3-10-18-13)19-11-4-6-15(22)21-14-7-8-14/h2-3,5,10,14H,4,6-9,11-12H2,1H3,(H,21,22)(H2,17,19,20). The van der Waals surface area contributed by atoms with Crippen LogP contribution in [0.1, 0.15) is 31.4 Å². The molecule has 0 unspecified atom stereocenters. The van der Waals surface area contributed by atoms with Crippen molar-refractivity contribution in [3.8, 4) is 0 Å². The lowest BCUT2D eigenvalue weighted by molar-refractivity contribution is -0.121. The molecule has 1 heterocycles. The van der Waals surface area contributed by atoms with Gasteiger partial charge < -0.3 is 16.0 Å². The maximum Gasteiger partial charge on any atom is 0.220 e. The van der Waals surface area contributed by atoms with Gasteiger partial charge in [0.1, 0.15) is 0 Å². The quantitative estimate of drug-likeness (QED) is 0.378. The van der Waals surface area contributed by atoms with Crippen molar-refractivity contribution < 1.29 is 4.79 Å². The number of carbonyl (C=O) groups is 1. The predicted molar refractivity (Wildman–Crippen MR) is 87.7 cm³/mol. The van der Waals surface area contributed by atoms with E-state index in [2.05, 4.69) is 25.9 Å². The molecule has 0 aliphatic heterocycles. The summed E-state index contributed by atoms with van der Waals surface area (Å²) in [7, 11) is 1.75. The Morgan fingerprint density at radius 3 is 2.82 bits per heavy atom. The molecule has 120 valence electrons.